The molecule has 2 heterocycles. The third-order valence-electron chi connectivity index (χ3n) is 2.47. The lowest BCUT2D eigenvalue weighted by Crippen LogP contribution is -2.37. The molecular formula is C10H14N4O. The van der Waals surface area contributed by atoms with Crippen molar-refractivity contribution in [1.82, 2.24) is 20.6 Å². The molecule has 15 heavy (non-hydrogen) atoms. The number of nitrogens with one attached hydrogen (secondary N) is 2. The van der Waals surface area contributed by atoms with E-state index in [0.29, 0.717) is 18.3 Å². The number of hydrogen-bond acceptors (Lipinski definition) is 4. The molecule has 1 amide bonds. The van der Waals surface area contributed by atoms with Crippen LogP contribution in [0.15, 0.2) is 18.6 Å². The quantitative estimate of drug-likeness (QED) is 0.728. The first-order valence-electron chi connectivity index (χ1n) is 5.14. The second-order valence-corrected chi connectivity index (χ2v) is 3.59. The number of nitrogens with zero attached hydrogens (tertiary/aromatic N) is 2. The van der Waals surface area contributed by atoms with Gasteiger partial charge < -0.3 is 10.6 Å². The van der Waals surface area contributed by atoms with Crippen LogP contribution in [0, 0.1) is 0 Å². The highest BCUT2D eigenvalue weighted by molar-refractivity contribution is 5.91. The van der Waals surface area contributed by atoms with Gasteiger partial charge in [0.1, 0.15) is 5.69 Å². The highest BCUT2D eigenvalue weighted by atomic mass is 16.1. The van der Waals surface area contributed by atoms with Gasteiger partial charge in [-0.05, 0) is 19.4 Å². The second kappa shape index (κ2) is 4.84. The number of hydrogen-bond donors (Lipinski definition) is 2. The molecule has 0 aliphatic carbocycles. The van der Waals surface area contributed by atoms with E-state index in [1.807, 2.05) is 0 Å². The van der Waals surface area contributed by atoms with Gasteiger partial charge in [-0.3, -0.25) is 9.78 Å². The van der Waals surface area contributed by atoms with Gasteiger partial charge in [0, 0.05) is 25.0 Å². The van der Waals surface area contributed by atoms with E-state index < -0.39 is 0 Å². The molecule has 0 bridgehead atoms. The van der Waals surface area contributed by atoms with Crippen LogP contribution < -0.4 is 10.6 Å². The normalized spacial score (nSPS) is 20.1. The molecule has 1 aliphatic rings. The molecule has 1 aliphatic heterocycles. The highest BCUT2D eigenvalue weighted by Gasteiger charge is 2.15. The Morgan fingerprint density at radius 2 is 2.53 bits per heavy atom. The van der Waals surface area contributed by atoms with Crippen molar-refractivity contribution in [2.75, 3.05) is 13.1 Å². The van der Waals surface area contributed by atoms with Crippen molar-refractivity contribution in [3.05, 3.63) is 24.3 Å². The van der Waals surface area contributed by atoms with Crippen LogP contribution >= 0.6 is 0 Å². The van der Waals surface area contributed by atoms with Gasteiger partial charge in [0.05, 0.1) is 6.20 Å². The van der Waals surface area contributed by atoms with Gasteiger partial charge in [-0.1, -0.05) is 0 Å². The molecule has 0 saturated carbocycles. The predicted octanol–water partition coefficient (Wildman–Crippen LogP) is -0.0416. The standard InChI is InChI=1S/C10H14N4O/c15-10(9-7-11-4-5-13-9)14-6-8-2-1-3-12-8/h4-5,7-8,12H,1-3,6H2,(H,14,15)/t8-/m0/s1. The molecule has 0 radical (unpaired) electrons. The Morgan fingerprint density at radius 3 is 3.20 bits per heavy atom. The second-order valence-electron chi connectivity index (χ2n) is 3.59. The number of rotatable bonds is 3. The first-order chi connectivity index (χ1) is 7.36. The zero-order chi connectivity index (χ0) is 10.5. The Bertz CT molecular complexity index is 321. The third kappa shape index (κ3) is 2.73. The summed E-state index contributed by atoms with van der Waals surface area (Å²) in [4.78, 5) is 19.3. The van der Waals surface area contributed by atoms with Gasteiger partial charge in [-0.2, -0.15) is 0 Å². The fourth-order valence-corrected chi connectivity index (χ4v) is 1.65. The van der Waals surface area contributed by atoms with Crippen LogP contribution in [0.5, 0.6) is 0 Å². The Hall–Kier alpha value is -1.49. The Labute approximate surface area is 88.3 Å². The smallest absolute Gasteiger partial charge is 0.271 e. The van der Waals surface area contributed by atoms with Crippen LogP contribution in [0.3, 0.4) is 0 Å². The predicted molar refractivity (Wildman–Crippen MR) is 55.4 cm³/mol. The van der Waals surface area contributed by atoms with Gasteiger partial charge in [0.25, 0.3) is 5.91 Å². The Kier molecular flexibility index (Phi) is 3.24. The summed E-state index contributed by atoms with van der Waals surface area (Å²) in [7, 11) is 0. The molecule has 1 atom stereocenters. The Morgan fingerprint density at radius 1 is 1.60 bits per heavy atom. The first-order valence-corrected chi connectivity index (χ1v) is 5.14. The average molecular weight is 206 g/mol. The fourth-order valence-electron chi connectivity index (χ4n) is 1.65. The molecular weight excluding hydrogens is 192 g/mol. The molecule has 5 heteroatoms. The summed E-state index contributed by atoms with van der Waals surface area (Å²) in [6, 6.07) is 0.408. The van der Waals surface area contributed by atoms with E-state index >= 15 is 0 Å². The van der Waals surface area contributed by atoms with Crippen molar-refractivity contribution in [2.45, 2.75) is 18.9 Å². The van der Waals surface area contributed by atoms with Crippen molar-refractivity contribution in [3.63, 3.8) is 0 Å². The summed E-state index contributed by atoms with van der Waals surface area (Å²) in [6.45, 7) is 1.71. The largest absolute Gasteiger partial charge is 0.349 e. The van der Waals surface area contributed by atoms with Crippen LogP contribution in [-0.2, 0) is 0 Å². The number of carbonyl (C=O) groups excluding carboxylic acids is 1. The molecule has 5 nitrogen and oxygen atoms in total. The number of carbonyl (C=O) groups is 1. The molecule has 2 N–H and O–H groups in total. The lowest BCUT2D eigenvalue weighted by molar-refractivity contribution is 0.0945. The van der Waals surface area contributed by atoms with Crippen LogP contribution in [0.25, 0.3) is 0 Å². The van der Waals surface area contributed by atoms with Gasteiger partial charge in [-0.25, -0.2) is 4.98 Å². The van der Waals surface area contributed by atoms with Gasteiger partial charge in [0.2, 0.25) is 0 Å². The van der Waals surface area contributed by atoms with Gasteiger partial charge in [-0.15, -0.1) is 0 Å². The fraction of sp³-hybridized carbons (Fsp3) is 0.500. The maximum absolute atomic E-state index is 11.6. The van der Waals surface area contributed by atoms with E-state index in [9.17, 15) is 4.79 Å². The highest BCUT2D eigenvalue weighted by Crippen LogP contribution is 2.03. The summed E-state index contributed by atoms with van der Waals surface area (Å²) >= 11 is 0. The van der Waals surface area contributed by atoms with E-state index in [-0.39, 0.29) is 5.91 Å². The monoisotopic (exact) mass is 206 g/mol. The van der Waals surface area contributed by atoms with E-state index in [0.717, 1.165) is 13.0 Å². The molecule has 1 aromatic heterocycles. The topological polar surface area (TPSA) is 66.9 Å². The summed E-state index contributed by atoms with van der Waals surface area (Å²) in [5.74, 6) is -0.156. The van der Waals surface area contributed by atoms with E-state index in [1.165, 1.54) is 18.8 Å². The Balaban J connectivity index is 1.82. The van der Waals surface area contributed by atoms with Gasteiger partial charge in [0.15, 0.2) is 0 Å². The lowest BCUT2D eigenvalue weighted by Gasteiger charge is -2.10. The van der Waals surface area contributed by atoms with Crippen molar-refractivity contribution < 1.29 is 4.79 Å². The molecule has 80 valence electrons. The number of amides is 1. The number of aromatic nitrogens is 2. The van der Waals surface area contributed by atoms with E-state index in [4.69, 9.17) is 0 Å². The summed E-state index contributed by atoms with van der Waals surface area (Å²) < 4.78 is 0. The van der Waals surface area contributed by atoms with Crippen LogP contribution in [0.1, 0.15) is 23.3 Å². The first kappa shape index (κ1) is 10.0. The minimum absolute atomic E-state index is 0.156. The SMILES string of the molecule is O=C(NC[C@@H]1CCCN1)c1cnccn1. The third-order valence-corrected chi connectivity index (χ3v) is 2.47. The molecule has 0 unspecified atom stereocenters. The molecule has 2 rings (SSSR count). The molecule has 1 saturated heterocycles. The lowest BCUT2D eigenvalue weighted by atomic mass is 10.2. The summed E-state index contributed by atoms with van der Waals surface area (Å²) in [6.07, 6.45) is 6.85. The summed E-state index contributed by atoms with van der Waals surface area (Å²) in [5.41, 5.74) is 0.371. The van der Waals surface area contributed by atoms with Crippen molar-refractivity contribution in [3.8, 4) is 0 Å². The maximum Gasteiger partial charge on any atom is 0.271 e. The average Bonchev–Trinajstić information content (AvgIpc) is 2.80. The van der Waals surface area contributed by atoms with E-state index in [1.54, 1.807) is 6.20 Å². The minimum atomic E-state index is -0.156. The van der Waals surface area contributed by atoms with Crippen molar-refractivity contribution >= 4 is 5.91 Å². The maximum atomic E-state index is 11.6. The molecule has 0 spiro atoms. The van der Waals surface area contributed by atoms with Crippen LogP contribution in [0.2, 0.25) is 0 Å². The zero-order valence-corrected chi connectivity index (χ0v) is 8.44. The van der Waals surface area contributed by atoms with Crippen LogP contribution in [0.4, 0.5) is 0 Å². The zero-order valence-electron chi connectivity index (χ0n) is 8.44. The van der Waals surface area contributed by atoms with Gasteiger partial charge >= 0.3 is 0 Å². The molecule has 1 aromatic rings. The minimum Gasteiger partial charge on any atom is -0.349 e. The van der Waals surface area contributed by atoms with Crippen LogP contribution in [-0.4, -0.2) is 35.0 Å². The van der Waals surface area contributed by atoms with E-state index in [2.05, 4.69) is 20.6 Å². The molecule has 1 fully saturated rings. The summed E-state index contributed by atoms with van der Waals surface area (Å²) in [5, 5.41) is 6.15. The van der Waals surface area contributed by atoms with Crippen molar-refractivity contribution in [2.24, 2.45) is 0 Å². The van der Waals surface area contributed by atoms with Crippen molar-refractivity contribution in [1.29, 1.82) is 0 Å². The molecule has 0 aromatic carbocycles.